The van der Waals surface area contributed by atoms with Gasteiger partial charge in [-0.1, -0.05) is 0 Å². The molecule has 2 saturated heterocycles. The summed E-state index contributed by atoms with van der Waals surface area (Å²) in [7, 11) is 0. The van der Waals surface area contributed by atoms with Crippen LogP contribution in [-0.2, 0) is 18.9 Å². The summed E-state index contributed by atoms with van der Waals surface area (Å²) in [5.41, 5.74) is 6.04. The number of carbonyl (C=O) groups is 1. The molecule has 0 aromatic carbocycles. The number of anilines is 1. The molecular formula is C14H21N3O6. The summed E-state index contributed by atoms with van der Waals surface area (Å²) >= 11 is 0. The molecule has 3 heterocycles. The third-order valence-corrected chi connectivity index (χ3v) is 3.88. The first-order chi connectivity index (χ1) is 10.9. The number of aliphatic hydroxyl groups is 1. The quantitative estimate of drug-likeness (QED) is 0.745. The second-order valence-corrected chi connectivity index (χ2v) is 5.92. The zero-order valence-corrected chi connectivity index (χ0v) is 13.3. The summed E-state index contributed by atoms with van der Waals surface area (Å²) < 4.78 is 23.9. The number of nitrogen functional groups attached to an aromatic ring is 1. The van der Waals surface area contributed by atoms with Gasteiger partial charge in [0.15, 0.2) is 17.7 Å². The fourth-order valence-corrected chi connectivity index (χ4v) is 2.96. The molecule has 0 saturated carbocycles. The van der Waals surface area contributed by atoms with Gasteiger partial charge in [-0.05, 0) is 20.8 Å². The van der Waals surface area contributed by atoms with Crippen LogP contribution >= 0.6 is 0 Å². The van der Waals surface area contributed by atoms with Crippen molar-refractivity contribution in [1.82, 2.24) is 9.55 Å². The Morgan fingerprint density at radius 2 is 2.17 bits per heavy atom. The molecule has 3 rings (SSSR count). The molecule has 1 aromatic rings. The minimum atomic E-state index is -0.788. The van der Waals surface area contributed by atoms with E-state index in [9.17, 15) is 9.90 Å². The van der Waals surface area contributed by atoms with E-state index >= 15 is 0 Å². The maximum Gasteiger partial charge on any atom is 0.360 e. The fourth-order valence-electron chi connectivity index (χ4n) is 2.96. The molecule has 2 aliphatic heterocycles. The molecule has 3 N–H and O–H groups in total. The molecule has 0 spiro atoms. The van der Waals surface area contributed by atoms with Crippen molar-refractivity contribution in [2.75, 3.05) is 18.9 Å². The van der Waals surface area contributed by atoms with Crippen molar-refractivity contribution in [3.8, 4) is 0 Å². The number of imidazole rings is 1. The molecule has 128 valence electrons. The van der Waals surface area contributed by atoms with Crippen LogP contribution in [0.3, 0.4) is 0 Å². The number of nitrogens with zero attached hydrogens (tertiary/aromatic N) is 2. The van der Waals surface area contributed by atoms with Crippen molar-refractivity contribution in [3.63, 3.8) is 0 Å². The smallest absolute Gasteiger partial charge is 0.360 e. The summed E-state index contributed by atoms with van der Waals surface area (Å²) in [6.45, 7) is 5.30. The predicted molar refractivity (Wildman–Crippen MR) is 77.4 cm³/mol. The Balaban J connectivity index is 1.89. The molecule has 23 heavy (non-hydrogen) atoms. The number of rotatable bonds is 4. The van der Waals surface area contributed by atoms with E-state index in [-0.39, 0.29) is 24.7 Å². The highest BCUT2D eigenvalue weighted by molar-refractivity contribution is 5.92. The lowest BCUT2D eigenvalue weighted by Gasteiger charge is -2.24. The number of aliphatic hydroxyl groups excluding tert-OH is 1. The van der Waals surface area contributed by atoms with Crippen LogP contribution in [0.25, 0.3) is 0 Å². The number of nitrogens with two attached hydrogens (primary N) is 1. The lowest BCUT2D eigenvalue weighted by atomic mass is 10.1. The second-order valence-electron chi connectivity index (χ2n) is 5.92. The standard InChI is InChI=1S/C14H21N3O6/c1-4-20-13(19)8-11(15)17(6-16-8)12-10-9(7(5-18)21-12)22-14(2,3)23-10/h6-7,9-10,12,18H,4-5,15H2,1-3H3/t7-,9+,10+,12+/m1/s1. The number of hydrogen-bond acceptors (Lipinski definition) is 8. The predicted octanol–water partition coefficient (Wildman–Crippen LogP) is 0.0518. The summed E-state index contributed by atoms with van der Waals surface area (Å²) in [6, 6.07) is 0. The molecule has 0 radical (unpaired) electrons. The van der Waals surface area contributed by atoms with Crippen LogP contribution < -0.4 is 5.73 Å². The van der Waals surface area contributed by atoms with E-state index in [4.69, 9.17) is 24.7 Å². The van der Waals surface area contributed by atoms with Gasteiger partial charge in [-0.15, -0.1) is 0 Å². The Labute approximate surface area is 133 Å². The minimum Gasteiger partial charge on any atom is -0.461 e. The zero-order valence-electron chi connectivity index (χ0n) is 13.3. The van der Waals surface area contributed by atoms with Gasteiger partial charge in [0.2, 0.25) is 0 Å². The summed E-state index contributed by atoms with van der Waals surface area (Å²) in [5.74, 6) is -1.26. The van der Waals surface area contributed by atoms with Crippen LogP contribution in [0.1, 0.15) is 37.5 Å². The third kappa shape index (κ3) is 2.69. The van der Waals surface area contributed by atoms with Gasteiger partial charge in [0.05, 0.1) is 19.5 Å². The maximum atomic E-state index is 11.8. The molecule has 2 fully saturated rings. The topological polar surface area (TPSA) is 118 Å². The normalized spacial score (nSPS) is 32.0. The molecule has 0 amide bonds. The highest BCUT2D eigenvalue weighted by Gasteiger charge is 2.56. The summed E-state index contributed by atoms with van der Waals surface area (Å²) in [6.07, 6.45) is -0.673. The van der Waals surface area contributed by atoms with E-state index in [2.05, 4.69) is 4.98 Å². The van der Waals surface area contributed by atoms with Crippen LogP contribution in [0.4, 0.5) is 5.82 Å². The maximum absolute atomic E-state index is 11.8. The molecule has 2 aliphatic rings. The lowest BCUT2D eigenvalue weighted by molar-refractivity contribution is -0.199. The molecule has 0 unspecified atom stereocenters. The van der Waals surface area contributed by atoms with Gasteiger partial charge in [-0.2, -0.15) is 0 Å². The average molecular weight is 327 g/mol. The van der Waals surface area contributed by atoms with E-state index < -0.39 is 36.3 Å². The molecule has 9 heteroatoms. The van der Waals surface area contributed by atoms with Crippen LogP contribution in [0.5, 0.6) is 0 Å². The average Bonchev–Trinajstić information content (AvgIpc) is 3.10. The highest BCUT2D eigenvalue weighted by Crippen LogP contribution is 2.43. The summed E-state index contributed by atoms with van der Waals surface area (Å²) in [4.78, 5) is 15.8. The fraction of sp³-hybridized carbons (Fsp3) is 0.714. The van der Waals surface area contributed by atoms with E-state index in [0.717, 1.165) is 0 Å². The minimum absolute atomic E-state index is 0.0256. The van der Waals surface area contributed by atoms with Crippen molar-refractivity contribution >= 4 is 11.8 Å². The molecule has 0 bridgehead atoms. The molecule has 1 aromatic heterocycles. The summed E-state index contributed by atoms with van der Waals surface area (Å²) in [5, 5.41) is 9.49. The van der Waals surface area contributed by atoms with E-state index in [1.54, 1.807) is 20.8 Å². The number of hydrogen-bond donors (Lipinski definition) is 2. The van der Waals surface area contributed by atoms with E-state index in [1.165, 1.54) is 10.9 Å². The van der Waals surface area contributed by atoms with Crippen LogP contribution in [0, 0.1) is 0 Å². The Kier molecular flexibility index (Phi) is 4.05. The Morgan fingerprint density at radius 3 is 2.83 bits per heavy atom. The number of esters is 1. The van der Waals surface area contributed by atoms with Crippen LogP contribution in [0.15, 0.2) is 6.33 Å². The monoisotopic (exact) mass is 327 g/mol. The van der Waals surface area contributed by atoms with Crippen molar-refractivity contribution in [2.45, 2.75) is 51.1 Å². The van der Waals surface area contributed by atoms with Gasteiger partial charge in [-0.3, -0.25) is 4.57 Å². The highest BCUT2D eigenvalue weighted by atomic mass is 16.8. The number of ether oxygens (including phenoxy) is 4. The van der Waals surface area contributed by atoms with Gasteiger partial charge < -0.3 is 29.8 Å². The van der Waals surface area contributed by atoms with Crippen molar-refractivity contribution < 1.29 is 28.8 Å². The van der Waals surface area contributed by atoms with Crippen molar-refractivity contribution in [2.24, 2.45) is 0 Å². The van der Waals surface area contributed by atoms with Gasteiger partial charge in [0.1, 0.15) is 24.1 Å². The second kappa shape index (κ2) is 5.75. The molecule has 0 aliphatic carbocycles. The van der Waals surface area contributed by atoms with Crippen molar-refractivity contribution in [1.29, 1.82) is 0 Å². The van der Waals surface area contributed by atoms with Gasteiger partial charge in [0.25, 0.3) is 0 Å². The van der Waals surface area contributed by atoms with Crippen LogP contribution in [0.2, 0.25) is 0 Å². The Hall–Kier alpha value is -1.68. The van der Waals surface area contributed by atoms with E-state index in [0.29, 0.717) is 0 Å². The lowest BCUT2D eigenvalue weighted by Crippen LogP contribution is -2.31. The van der Waals surface area contributed by atoms with E-state index in [1.807, 2.05) is 0 Å². The largest absolute Gasteiger partial charge is 0.461 e. The molecule has 9 nitrogen and oxygen atoms in total. The number of aromatic nitrogens is 2. The molecular weight excluding hydrogens is 306 g/mol. The number of fused-ring (bicyclic) bond motifs is 1. The Morgan fingerprint density at radius 1 is 1.48 bits per heavy atom. The van der Waals surface area contributed by atoms with Crippen LogP contribution in [-0.4, -0.2) is 57.9 Å². The zero-order chi connectivity index (χ0) is 16.8. The number of carbonyl (C=O) groups excluding carboxylic acids is 1. The van der Waals surface area contributed by atoms with Gasteiger partial charge >= 0.3 is 5.97 Å². The first-order valence-electron chi connectivity index (χ1n) is 7.49. The van der Waals surface area contributed by atoms with Crippen molar-refractivity contribution in [3.05, 3.63) is 12.0 Å². The first-order valence-corrected chi connectivity index (χ1v) is 7.49. The van der Waals surface area contributed by atoms with Gasteiger partial charge in [0, 0.05) is 0 Å². The Bertz CT molecular complexity index is 601. The first kappa shape index (κ1) is 16.2. The third-order valence-electron chi connectivity index (χ3n) is 3.88. The SMILES string of the molecule is CCOC(=O)c1ncn([C@H]2O[C@H](CO)[C@@H]3OC(C)(C)O[C@@H]32)c1N. The molecule has 4 atom stereocenters. The van der Waals surface area contributed by atoms with Gasteiger partial charge in [-0.25, -0.2) is 9.78 Å².